The molecule has 0 aliphatic rings. The zero-order chi connectivity index (χ0) is 19.4. The topological polar surface area (TPSA) is 59.8 Å². The molecule has 5 nitrogen and oxygen atoms in total. The van der Waals surface area contributed by atoms with E-state index in [1.165, 1.54) is 17.3 Å². The van der Waals surface area contributed by atoms with E-state index in [4.69, 9.17) is 0 Å². The van der Waals surface area contributed by atoms with Crippen LogP contribution in [0.25, 0.3) is 11.4 Å². The van der Waals surface area contributed by atoms with Crippen molar-refractivity contribution in [3.05, 3.63) is 59.2 Å². The molecule has 1 heterocycles. The summed E-state index contributed by atoms with van der Waals surface area (Å²) in [6.45, 7) is 6.16. The van der Waals surface area contributed by atoms with Gasteiger partial charge in [0.15, 0.2) is 11.0 Å². The van der Waals surface area contributed by atoms with Crippen molar-refractivity contribution in [1.29, 1.82) is 0 Å². The minimum Gasteiger partial charge on any atom is -0.325 e. The van der Waals surface area contributed by atoms with E-state index >= 15 is 0 Å². The van der Waals surface area contributed by atoms with E-state index in [1.807, 2.05) is 48.9 Å². The molecule has 1 amide bonds. The van der Waals surface area contributed by atoms with Gasteiger partial charge in [-0.25, -0.2) is 0 Å². The zero-order valence-electron chi connectivity index (χ0n) is 16.1. The van der Waals surface area contributed by atoms with Crippen LogP contribution in [0.3, 0.4) is 0 Å². The number of rotatable bonds is 6. The Kier molecular flexibility index (Phi) is 5.96. The molecule has 27 heavy (non-hydrogen) atoms. The highest BCUT2D eigenvalue weighted by Gasteiger charge is 2.14. The molecule has 3 aromatic rings. The monoisotopic (exact) mass is 380 g/mol. The Bertz CT molecular complexity index is 947. The second kappa shape index (κ2) is 8.39. The average molecular weight is 381 g/mol. The van der Waals surface area contributed by atoms with Gasteiger partial charge in [-0.1, -0.05) is 66.7 Å². The van der Waals surface area contributed by atoms with Crippen LogP contribution in [0.4, 0.5) is 5.69 Å². The van der Waals surface area contributed by atoms with Crippen LogP contribution in [-0.4, -0.2) is 26.4 Å². The zero-order valence-corrected chi connectivity index (χ0v) is 16.9. The Morgan fingerprint density at radius 2 is 1.85 bits per heavy atom. The molecule has 0 fully saturated rings. The normalized spacial score (nSPS) is 10.8. The van der Waals surface area contributed by atoms with Crippen molar-refractivity contribution in [3.8, 4) is 11.4 Å². The van der Waals surface area contributed by atoms with Crippen molar-refractivity contribution in [1.82, 2.24) is 14.8 Å². The molecule has 3 rings (SSSR count). The number of para-hydroxylation sites is 1. The number of benzene rings is 2. The molecule has 1 aromatic heterocycles. The van der Waals surface area contributed by atoms with Crippen LogP contribution in [-0.2, 0) is 18.3 Å². The van der Waals surface area contributed by atoms with Gasteiger partial charge in [0.05, 0.1) is 5.75 Å². The second-order valence-corrected chi connectivity index (χ2v) is 7.47. The highest BCUT2D eigenvalue weighted by Crippen LogP contribution is 2.24. The van der Waals surface area contributed by atoms with Gasteiger partial charge in [0, 0.05) is 18.3 Å². The number of hydrogen-bond donors (Lipinski definition) is 1. The molecular formula is C21H24N4OS. The summed E-state index contributed by atoms with van der Waals surface area (Å²) in [5.41, 5.74) is 5.36. The first kappa shape index (κ1) is 19.2. The summed E-state index contributed by atoms with van der Waals surface area (Å²) in [7, 11) is 1.92. The fourth-order valence-electron chi connectivity index (χ4n) is 2.90. The summed E-state index contributed by atoms with van der Waals surface area (Å²) in [6.07, 6.45) is 0.883. The van der Waals surface area contributed by atoms with Crippen LogP contribution in [0.15, 0.2) is 47.6 Å². The number of aryl methyl sites for hydroxylation is 3. The molecule has 0 atom stereocenters. The third kappa shape index (κ3) is 4.39. The van der Waals surface area contributed by atoms with Crippen molar-refractivity contribution >= 4 is 23.4 Å². The summed E-state index contributed by atoms with van der Waals surface area (Å²) < 4.78 is 1.92. The van der Waals surface area contributed by atoms with Gasteiger partial charge in [0.25, 0.3) is 0 Å². The highest BCUT2D eigenvalue weighted by atomic mass is 32.2. The Morgan fingerprint density at radius 1 is 1.11 bits per heavy atom. The Morgan fingerprint density at radius 3 is 2.56 bits per heavy atom. The van der Waals surface area contributed by atoms with E-state index in [9.17, 15) is 4.79 Å². The number of thioether (sulfide) groups is 1. The van der Waals surface area contributed by atoms with Crippen LogP contribution in [0.5, 0.6) is 0 Å². The molecule has 0 aliphatic carbocycles. The predicted molar refractivity (Wildman–Crippen MR) is 111 cm³/mol. The van der Waals surface area contributed by atoms with E-state index < -0.39 is 0 Å². The third-order valence-corrected chi connectivity index (χ3v) is 5.50. The Hall–Kier alpha value is -2.60. The second-order valence-electron chi connectivity index (χ2n) is 6.53. The lowest BCUT2D eigenvalue weighted by Crippen LogP contribution is -2.16. The summed E-state index contributed by atoms with van der Waals surface area (Å²) in [5, 5.41) is 12.3. The van der Waals surface area contributed by atoms with Crippen molar-refractivity contribution in [2.24, 2.45) is 7.05 Å². The molecule has 6 heteroatoms. The Balaban J connectivity index is 1.67. The molecule has 1 N–H and O–H groups in total. The Labute approximate surface area is 164 Å². The van der Waals surface area contributed by atoms with Crippen LogP contribution in [0.1, 0.15) is 23.6 Å². The lowest BCUT2D eigenvalue weighted by molar-refractivity contribution is -0.113. The van der Waals surface area contributed by atoms with Gasteiger partial charge in [-0.05, 0) is 31.4 Å². The number of amides is 1. The lowest BCUT2D eigenvalue weighted by Gasteiger charge is -2.12. The first-order chi connectivity index (χ1) is 13.0. The smallest absolute Gasteiger partial charge is 0.234 e. The molecule has 0 spiro atoms. The fraction of sp³-hybridized carbons (Fsp3) is 0.286. The maximum absolute atomic E-state index is 12.4. The molecular weight excluding hydrogens is 356 g/mol. The van der Waals surface area contributed by atoms with E-state index in [2.05, 4.69) is 41.5 Å². The van der Waals surface area contributed by atoms with E-state index in [1.54, 1.807) is 0 Å². The molecule has 140 valence electrons. The van der Waals surface area contributed by atoms with Gasteiger partial charge >= 0.3 is 0 Å². The third-order valence-electron chi connectivity index (χ3n) is 4.48. The summed E-state index contributed by atoms with van der Waals surface area (Å²) in [5.74, 6) is 1.05. The minimum atomic E-state index is -0.0381. The first-order valence-electron chi connectivity index (χ1n) is 8.97. The van der Waals surface area contributed by atoms with Gasteiger partial charge in [-0.3, -0.25) is 4.79 Å². The van der Waals surface area contributed by atoms with Crippen molar-refractivity contribution in [2.45, 2.75) is 32.3 Å². The molecule has 0 aliphatic heterocycles. The van der Waals surface area contributed by atoms with Gasteiger partial charge in [-0.2, -0.15) is 0 Å². The van der Waals surface area contributed by atoms with Crippen LogP contribution >= 0.6 is 11.8 Å². The van der Waals surface area contributed by atoms with Crippen LogP contribution < -0.4 is 5.32 Å². The SMILES string of the molecule is CCc1cccc(C)c1NC(=O)CSc1nnc(-c2ccc(C)cc2)n1C. The van der Waals surface area contributed by atoms with Gasteiger partial charge in [0.1, 0.15) is 0 Å². The van der Waals surface area contributed by atoms with E-state index in [0.29, 0.717) is 0 Å². The largest absolute Gasteiger partial charge is 0.325 e. The van der Waals surface area contributed by atoms with Gasteiger partial charge in [-0.15, -0.1) is 10.2 Å². The van der Waals surface area contributed by atoms with E-state index in [-0.39, 0.29) is 11.7 Å². The number of carbonyl (C=O) groups is 1. The average Bonchev–Trinajstić information content (AvgIpc) is 3.03. The van der Waals surface area contributed by atoms with Crippen molar-refractivity contribution in [2.75, 3.05) is 11.1 Å². The lowest BCUT2D eigenvalue weighted by atomic mass is 10.1. The number of nitrogens with zero attached hydrogens (tertiary/aromatic N) is 3. The van der Waals surface area contributed by atoms with Crippen LogP contribution in [0, 0.1) is 13.8 Å². The quantitative estimate of drug-likeness (QED) is 0.644. The number of carbonyl (C=O) groups excluding carboxylic acids is 1. The first-order valence-corrected chi connectivity index (χ1v) is 9.95. The number of anilines is 1. The van der Waals surface area contributed by atoms with Crippen molar-refractivity contribution in [3.63, 3.8) is 0 Å². The summed E-state index contributed by atoms with van der Waals surface area (Å²) in [6, 6.07) is 14.3. The number of aromatic nitrogens is 3. The molecule has 2 aromatic carbocycles. The number of nitrogens with one attached hydrogen (secondary N) is 1. The highest BCUT2D eigenvalue weighted by molar-refractivity contribution is 7.99. The summed E-state index contributed by atoms with van der Waals surface area (Å²) in [4.78, 5) is 12.4. The predicted octanol–water partition coefficient (Wildman–Crippen LogP) is 4.39. The van der Waals surface area contributed by atoms with Gasteiger partial charge in [0.2, 0.25) is 5.91 Å². The molecule has 0 saturated heterocycles. The van der Waals surface area contributed by atoms with Crippen LogP contribution in [0.2, 0.25) is 0 Å². The fourth-order valence-corrected chi connectivity index (χ4v) is 3.61. The molecule has 0 bridgehead atoms. The molecule has 0 saturated carbocycles. The maximum atomic E-state index is 12.4. The standard InChI is InChI=1S/C21H24N4OS/c1-5-16-8-6-7-15(3)19(16)22-18(26)13-27-21-24-23-20(25(21)4)17-11-9-14(2)10-12-17/h6-12H,5,13H2,1-4H3,(H,22,26). The molecule has 0 radical (unpaired) electrons. The minimum absolute atomic E-state index is 0.0381. The van der Waals surface area contributed by atoms with Crippen molar-refractivity contribution < 1.29 is 4.79 Å². The van der Waals surface area contributed by atoms with E-state index in [0.717, 1.165) is 39.8 Å². The number of hydrogen-bond acceptors (Lipinski definition) is 4. The maximum Gasteiger partial charge on any atom is 0.234 e. The van der Waals surface area contributed by atoms with Gasteiger partial charge < -0.3 is 9.88 Å². The molecule has 0 unspecified atom stereocenters. The summed E-state index contributed by atoms with van der Waals surface area (Å²) >= 11 is 1.39.